The minimum Gasteiger partial charge on any atom is -0.314 e. The molecule has 3 nitrogen and oxygen atoms in total. The Labute approximate surface area is 139 Å². The van der Waals surface area contributed by atoms with Crippen molar-refractivity contribution in [3.05, 3.63) is 50.7 Å². The molecule has 1 aromatic carbocycles. The van der Waals surface area contributed by atoms with Gasteiger partial charge in [-0.2, -0.15) is 5.10 Å². The molecule has 1 aromatic heterocycles. The second-order valence-electron chi connectivity index (χ2n) is 5.22. The number of hydrogen-bond acceptors (Lipinski definition) is 2. The van der Waals surface area contributed by atoms with Crippen molar-refractivity contribution in [2.45, 2.75) is 32.7 Å². The second kappa shape index (κ2) is 7.43. The summed E-state index contributed by atoms with van der Waals surface area (Å²) in [5.41, 5.74) is 3.42. The summed E-state index contributed by atoms with van der Waals surface area (Å²) in [4.78, 5) is 0. The summed E-state index contributed by atoms with van der Waals surface area (Å²) >= 11 is 9.93. The first kappa shape index (κ1) is 16.5. The lowest BCUT2D eigenvalue weighted by Gasteiger charge is -2.19. The first-order valence-corrected chi connectivity index (χ1v) is 8.34. The molecule has 1 unspecified atom stereocenters. The fraction of sp³-hybridized carbons (Fsp3) is 0.438. The Hall–Kier alpha value is -0.840. The summed E-state index contributed by atoms with van der Waals surface area (Å²) in [5.74, 6) is 0. The molecule has 114 valence electrons. The van der Waals surface area contributed by atoms with Crippen LogP contribution in [-0.2, 0) is 19.9 Å². The Morgan fingerprint density at radius 1 is 1.33 bits per heavy atom. The highest BCUT2D eigenvalue weighted by Crippen LogP contribution is 2.23. The lowest BCUT2D eigenvalue weighted by Crippen LogP contribution is -2.33. The summed E-state index contributed by atoms with van der Waals surface area (Å²) in [6.45, 7) is 5.08. The van der Waals surface area contributed by atoms with Crippen LogP contribution in [-0.4, -0.2) is 22.4 Å². The Kier molecular flexibility index (Phi) is 5.85. The summed E-state index contributed by atoms with van der Waals surface area (Å²) in [7, 11) is 1.99. The minimum atomic E-state index is 0.334. The Morgan fingerprint density at radius 2 is 2.05 bits per heavy atom. The third-order valence-electron chi connectivity index (χ3n) is 3.62. The molecule has 0 aliphatic carbocycles. The lowest BCUT2D eigenvalue weighted by molar-refractivity contribution is 0.504. The van der Waals surface area contributed by atoms with E-state index < -0.39 is 0 Å². The van der Waals surface area contributed by atoms with Crippen LogP contribution in [0, 0.1) is 6.92 Å². The molecule has 1 heterocycles. The van der Waals surface area contributed by atoms with Crippen LogP contribution in [0.4, 0.5) is 0 Å². The van der Waals surface area contributed by atoms with E-state index in [1.54, 1.807) is 0 Å². The monoisotopic (exact) mass is 369 g/mol. The van der Waals surface area contributed by atoms with Crippen LogP contribution >= 0.6 is 27.5 Å². The maximum atomic E-state index is 6.28. The fourth-order valence-electron chi connectivity index (χ4n) is 2.57. The molecule has 0 aliphatic rings. The van der Waals surface area contributed by atoms with E-state index in [1.807, 2.05) is 36.9 Å². The summed E-state index contributed by atoms with van der Waals surface area (Å²) in [6, 6.07) is 8.38. The quantitative estimate of drug-likeness (QED) is 0.835. The molecule has 0 saturated carbocycles. The second-order valence-corrected chi connectivity index (χ2v) is 6.42. The molecule has 1 N–H and O–H groups in total. The highest BCUT2D eigenvalue weighted by atomic mass is 79.9. The SMILES string of the molecule is CCNC(Cc1ccccc1Cl)Cc1c(Br)c(C)nn1C. The van der Waals surface area contributed by atoms with Crippen LogP contribution < -0.4 is 5.32 Å². The summed E-state index contributed by atoms with van der Waals surface area (Å²) in [6.07, 6.45) is 1.82. The number of rotatable bonds is 6. The van der Waals surface area contributed by atoms with Crippen molar-refractivity contribution in [2.75, 3.05) is 6.54 Å². The molecule has 0 amide bonds. The number of hydrogen-bond donors (Lipinski definition) is 1. The van der Waals surface area contributed by atoms with E-state index >= 15 is 0 Å². The number of nitrogens with one attached hydrogen (secondary N) is 1. The molecule has 0 aliphatic heterocycles. The predicted molar refractivity (Wildman–Crippen MR) is 92.0 cm³/mol. The summed E-state index contributed by atoms with van der Waals surface area (Å²) in [5, 5.41) is 8.85. The minimum absolute atomic E-state index is 0.334. The van der Waals surface area contributed by atoms with Gasteiger partial charge in [-0.1, -0.05) is 36.7 Å². The van der Waals surface area contributed by atoms with Crippen molar-refractivity contribution in [3.8, 4) is 0 Å². The van der Waals surface area contributed by atoms with Crippen LogP contribution in [0.5, 0.6) is 0 Å². The van der Waals surface area contributed by atoms with Crippen LogP contribution in [0.15, 0.2) is 28.7 Å². The van der Waals surface area contributed by atoms with E-state index in [1.165, 1.54) is 11.3 Å². The maximum Gasteiger partial charge on any atom is 0.0738 e. The van der Waals surface area contributed by atoms with Crippen molar-refractivity contribution in [3.63, 3.8) is 0 Å². The van der Waals surface area contributed by atoms with E-state index in [9.17, 15) is 0 Å². The van der Waals surface area contributed by atoms with E-state index in [4.69, 9.17) is 11.6 Å². The molecule has 0 bridgehead atoms. The highest BCUT2D eigenvalue weighted by molar-refractivity contribution is 9.10. The average molecular weight is 371 g/mol. The number of benzene rings is 1. The number of nitrogens with zero attached hydrogens (tertiary/aromatic N) is 2. The number of aromatic nitrogens is 2. The molecule has 0 spiro atoms. The number of likely N-dealkylation sites (N-methyl/N-ethyl adjacent to an activating group) is 1. The number of halogens is 2. The Morgan fingerprint density at radius 3 is 2.62 bits per heavy atom. The molecular formula is C16H21BrClN3. The van der Waals surface area contributed by atoms with Gasteiger partial charge in [0.25, 0.3) is 0 Å². The lowest BCUT2D eigenvalue weighted by atomic mass is 10.0. The van der Waals surface area contributed by atoms with Gasteiger partial charge in [0, 0.05) is 24.5 Å². The zero-order valence-electron chi connectivity index (χ0n) is 12.7. The molecule has 0 saturated heterocycles. The van der Waals surface area contributed by atoms with Gasteiger partial charge < -0.3 is 5.32 Å². The maximum absolute atomic E-state index is 6.28. The molecule has 2 aromatic rings. The third kappa shape index (κ3) is 4.09. The van der Waals surface area contributed by atoms with E-state index in [2.05, 4.69) is 39.3 Å². The van der Waals surface area contributed by atoms with Crippen molar-refractivity contribution in [1.82, 2.24) is 15.1 Å². The largest absolute Gasteiger partial charge is 0.314 e. The van der Waals surface area contributed by atoms with Gasteiger partial charge in [-0.3, -0.25) is 4.68 Å². The zero-order valence-corrected chi connectivity index (χ0v) is 15.0. The van der Waals surface area contributed by atoms with Gasteiger partial charge in [-0.25, -0.2) is 0 Å². The topological polar surface area (TPSA) is 29.9 Å². The molecule has 21 heavy (non-hydrogen) atoms. The smallest absolute Gasteiger partial charge is 0.0738 e. The predicted octanol–water partition coefficient (Wildman–Crippen LogP) is 3.91. The summed E-state index contributed by atoms with van der Waals surface area (Å²) < 4.78 is 3.06. The van der Waals surface area contributed by atoms with Crippen LogP contribution in [0.25, 0.3) is 0 Å². The molecule has 2 rings (SSSR count). The van der Waals surface area contributed by atoms with Gasteiger partial charge in [0.05, 0.1) is 15.9 Å². The van der Waals surface area contributed by atoms with Crippen LogP contribution in [0.1, 0.15) is 23.9 Å². The van der Waals surface area contributed by atoms with Crippen molar-refractivity contribution in [1.29, 1.82) is 0 Å². The van der Waals surface area contributed by atoms with Crippen molar-refractivity contribution >= 4 is 27.5 Å². The van der Waals surface area contributed by atoms with E-state index in [-0.39, 0.29) is 0 Å². The first-order valence-electron chi connectivity index (χ1n) is 7.17. The normalized spacial score (nSPS) is 12.6. The van der Waals surface area contributed by atoms with Gasteiger partial charge in [-0.15, -0.1) is 0 Å². The molecule has 5 heteroatoms. The van der Waals surface area contributed by atoms with Gasteiger partial charge in [-0.05, 0) is 47.4 Å². The molecular weight excluding hydrogens is 350 g/mol. The standard InChI is InChI=1S/C16H21BrClN3/c1-4-19-13(9-12-7-5-6-8-14(12)18)10-15-16(17)11(2)20-21(15)3/h5-8,13,19H,4,9-10H2,1-3H3. The first-order chi connectivity index (χ1) is 10.0. The van der Waals surface area contributed by atoms with Crippen LogP contribution in [0.2, 0.25) is 5.02 Å². The molecule has 1 atom stereocenters. The fourth-order valence-corrected chi connectivity index (χ4v) is 3.28. The highest BCUT2D eigenvalue weighted by Gasteiger charge is 2.17. The number of aryl methyl sites for hydroxylation is 2. The van der Waals surface area contributed by atoms with E-state index in [0.29, 0.717) is 6.04 Å². The Balaban J connectivity index is 2.18. The zero-order chi connectivity index (χ0) is 15.4. The van der Waals surface area contributed by atoms with Gasteiger partial charge in [0.1, 0.15) is 0 Å². The molecule has 0 radical (unpaired) electrons. The van der Waals surface area contributed by atoms with Crippen LogP contribution in [0.3, 0.4) is 0 Å². The average Bonchev–Trinajstić information content (AvgIpc) is 2.68. The van der Waals surface area contributed by atoms with Crippen molar-refractivity contribution in [2.24, 2.45) is 7.05 Å². The third-order valence-corrected chi connectivity index (χ3v) is 5.02. The van der Waals surface area contributed by atoms with Gasteiger partial charge >= 0.3 is 0 Å². The van der Waals surface area contributed by atoms with Crippen molar-refractivity contribution < 1.29 is 0 Å². The Bertz CT molecular complexity index is 610. The van der Waals surface area contributed by atoms with E-state index in [0.717, 1.165) is 34.6 Å². The molecule has 0 fully saturated rings. The van der Waals surface area contributed by atoms with Gasteiger partial charge in [0.15, 0.2) is 0 Å². The van der Waals surface area contributed by atoms with Gasteiger partial charge in [0.2, 0.25) is 0 Å².